The lowest BCUT2D eigenvalue weighted by molar-refractivity contribution is 0.112. The topological polar surface area (TPSA) is 17.1 Å². The molecule has 0 heterocycles. The molecule has 0 aliphatic rings. The number of aldehydes is 1. The van der Waals surface area contributed by atoms with Gasteiger partial charge >= 0.3 is 0 Å². The third-order valence-corrected chi connectivity index (χ3v) is 1.28. The Labute approximate surface area is 59.3 Å². The minimum Gasteiger partial charge on any atom is -0.298 e. The molecule has 0 atom stereocenters. The van der Waals surface area contributed by atoms with Crippen LogP contribution in [-0.4, -0.2) is 14.1 Å². The molecule has 0 saturated heterocycles. The highest BCUT2D eigenvalue weighted by Crippen LogP contribution is 1.99. The van der Waals surface area contributed by atoms with Crippen molar-refractivity contribution in [2.24, 2.45) is 0 Å². The van der Waals surface area contributed by atoms with Gasteiger partial charge < -0.3 is 0 Å². The predicted octanol–water partition coefficient (Wildman–Crippen LogP) is -0.103. The van der Waals surface area contributed by atoms with Gasteiger partial charge in [0.15, 0.2) is 6.29 Å². The van der Waals surface area contributed by atoms with Gasteiger partial charge in [-0.15, -0.1) is 0 Å². The number of carbonyl (C=O) groups is 1. The van der Waals surface area contributed by atoms with Gasteiger partial charge in [0.05, 0.1) is 0 Å². The molecule has 1 aromatic rings. The van der Waals surface area contributed by atoms with E-state index < -0.39 is 5.82 Å². The minimum atomic E-state index is -0.458. The van der Waals surface area contributed by atoms with Crippen molar-refractivity contribution in [1.82, 2.24) is 0 Å². The van der Waals surface area contributed by atoms with E-state index in [2.05, 4.69) is 0 Å². The molecule has 50 valence electrons. The van der Waals surface area contributed by atoms with Crippen LogP contribution in [0.1, 0.15) is 10.4 Å². The lowest BCUT2D eigenvalue weighted by Gasteiger charge is -1.94. The summed E-state index contributed by atoms with van der Waals surface area (Å²) in [6, 6.07) is 4.43. The quantitative estimate of drug-likeness (QED) is 0.389. The van der Waals surface area contributed by atoms with Gasteiger partial charge in [-0.05, 0) is 6.07 Å². The molecule has 0 radical (unpaired) electrons. The maximum atomic E-state index is 12.5. The molecule has 0 aromatic heterocycles. The van der Waals surface area contributed by atoms with Gasteiger partial charge in [0.2, 0.25) is 0 Å². The smallest absolute Gasteiger partial charge is 0.152 e. The summed E-state index contributed by atoms with van der Waals surface area (Å²) in [5, 5.41) is 0. The van der Waals surface area contributed by atoms with Gasteiger partial charge in [-0.1, -0.05) is 17.6 Å². The van der Waals surface area contributed by atoms with E-state index >= 15 is 0 Å². The first-order valence-electron chi connectivity index (χ1n) is 2.95. The van der Waals surface area contributed by atoms with E-state index in [0.717, 1.165) is 5.46 Å². The monoisotopic (exact) mass is 136 g/mol. The van der Waals surface area contributed by atoms with E-state index in [9.17, 15) is 9.18 Å². The summed E-state index contributed by atoms with van der Waals surface area (Å²) >= 11 is 0. The highest BCUT2D eigenvalue weighted by molar-refractivity contribution is 6.32. The van der Waals surface area contributed by atoms with Crippen molar-refractivity contribution in [2.45, 2.75) is 0 Å². The number of rotatable bonds is 1. The van der Waals surface area contributed by atoms with Crippen LogP contribution >= 0.6 is 0 Å². The fourth-order valence-electron chi connectivity index (χ4n) is 0.753. The standard InChI is InChI=1S/C7H6BFO/c8-6-1-2-7(9)5(3-6)4-10/h1-4H,8H2. The van der Waals surface area contributed by atoms with Gasteiger partial charge in [0.1, 0.15) is 13.7 Å². The second-order valence-electron chi connectivity index (χ2n) is 2.14. The summed E-state index contributed by atoms with van der Waals surface area (Å²) in [5.41, 5.74) is 1.02. The van der Waals surface area contributed by atoms with E-state index in [1.54, 1.807) is 6.07 Å². The number of hydrogen-bond acceptors (Lipinski definition) is 1. The van der Waals surface area contributed by atoms with Crippen LogP contribution < -0.4 is 5.46 Å². The van der Waals surface area contributed by atoms with Gasteiger partial charge in [-0.3, -0.25) is 4.79 Å². The van der Waals surface area contributed by atoms with Gasteiger partial charge in [0.25, 0.3) is 0 Å². The molecule has 1 rings (SSSR count). The molecular weight excluding hydrogens is 130 g/mol. The molecule has 0 bridgehead atoms. The van der Waals surface area contributed by atoms with Crippen LogP contribution in [0.2, 0.25) is 0 Å². The third-order valence-electron chi connectivity index (χ3n) is 1.28. The highest BCUT2D eigenvalue weighted by atomic mass is 19.1. The highest BCUT2D eigenvalue weighted by Gasteiger charge is 1.97. The number of halogens is 1. The first-order chi connectivity index (χ1) is 4.74. The molecule has 0 unspecified atom stereocenters. The van der Waals surface area contributed by atoms with Gasteiger partial charge in [0, 0.05) is 5.56 Å². The Balaban J connectivity index is 3.21. The first kappa shape index (κ1) is 7.00. The molecule has 0 saturated carbocycles. The lowest BCUT2D eigenvalue weighted by Crippen LogP contribution is -2.04. The SMILES string of the molecule is Bc1ccc(F)c(C=O)c1. The van der Waals surface area contributed by atoms with Crippen LogP contribution in [0.25, 0.3) is 0 Å². The third kappa shape index (κ3) is 1.24. The number of hydrogen-bond donors (Lipinski definition) is 0. The fraction of sp³-hybridized carbons (Fsp3) is 0. The van der Waals surface area contributed by atoms with Crippen molar-refractivity contribution in [3.8, 4) is 0 Å². The minimum absolute atomic E-state index is 0.125. The second kappa shape index (κ2) is 2.65. The molecular formula is C7H6BFO. The Morgan fingerprint density at radius 1 is 1.50 bits per heavy atom. The molecule has 0 amide bonds. The Bertz CT molecular complexity index is 260. The summed E-state index contributed by atoms with van der Waals surface area (Å²) in [4.78, 5) is 10.1. The Kier molecular flexibility index (Phi) is 1.85. The molecule has 3 heteroatoms. The van der Waals surface area contributed by atoms with Crippen LogP contribution in [0.4, 0.5) is 4.39 Å². The fourth-order valence-corrected chi connectivity index (χ4v) is 0.753. The zero-order valence-corrected chi connectivity index (χ0v) is 5.60. The summed E-state index contributed by atoms with van der Waals surface area (Å²) in [7, 11) is 1.81. The zero-order chi connectivity index (χ0) is 7.56. The summed E-state index contributed by atoms with van der Waals surface area (Å²) < 4.78 is 12.5. The lowest BCUT2D eigenvalue weighted by atomic mass is 9.94. The molecule has 10 heavy (non-hydrogen) atoms. The van der Waals surface area contributed by atoms with Gasteiger partial charge in [-0.25, -0.2) is 4.39 Å². The van der Waals surface area contributed by atoms with Crippen LogP contribution in [0.3, 0.4) is 0 Å². The zero-order valence-electron chi connectivity index (χ0n) is 5.60. The van der Waals surface area contributed by atoms with Crippen LogP contribution in [0.15, 0.2) is 18.2 Å². The van der Waals surface area contributed by atoms with Crippen LogP contribution in [0, 0.1) is 5.82 Å². The number of carbonyl (C=O) groups excluding carboxylic acids is 1. The largest absolute Gasteiger partial charge is 0.298 e. The van der Waals surface area contributed by atoms with Crippen molar-refractivity contribution < 1.29 is 9.18 Å². The maximum Gasteiger partial charge on any atom is 0.152 e. The van der Waals surface area contributed by atoms with Crippen LogP contribution in [0.5, 0.6) is 0 Å². The normalized spacial score (nSPS) is 9.30. The van der Waals surface area contributed by atoms with E-state index in [1.165, 1.54) is 12.1 Å². The molecule has 0 N–H and O–H groups in total. The van der Waals surface area contributed by atoms with E-state index in [1.807, 2.05) is 7.85 Å². The number of benzene rings is 1. The Morgan fingerprint density at radius 3 is 2.70 bits per heavy atom. The molecule has 0 aliphatic heterocycles. The summed E-state index contributed by atoms with van der Waals surface area (Å²) in [5.74, 6) is -0.458. The van der Waals surface area contributed by atoms with E-state index in [4.69, 9.17) is 0 Å². The average molecular weight is 136 g/mol. The van der Waals surface area contributed by atoms with E-state index in [0.29, 0.717) is 6.29 Å². The van der Waals surface area contributed by atoms with Gasteiger partial charge in [-0.2, -0.15) is 0 Å². The van der Waals surface area contributed by atoms with Crippen molar-refractivity contribution in [3.63, 3.8) is 0 Å². The van der Waals surface area contributed by atoms with Crippen molar-refractivity contribution in [1.29, 1.82) is 0 Å². The summed E-state index contributed by atoms with van der Waals surface area (Å²) in [6.45, 7) is 0. The Hall–Kier alpha value is -1.12. The summed E-state index contributed by atoms with van der Waals surface area (Å²) in [6.07, 6.45) is 0.516. The predicted molar refractivity (Wildman–Crippen MR) is 40.0 cm³/mol. The van der Waals surface area contributed by atoms with Crippen molar-refractivity contribution in [2.75, 3.05) is 0 Å². The van der Waals surface area contributed by atoms with Crippen LogP contribution in [-0.2, 0) is 0 Å². The molecule has 1 nitrogen and oxygen atoms in total. The first-order valence-corrected chi connectivity index (χ1v) is 2.95. The maximum absolute atomic E-state index is 12.5. The van der Waals surface area contributed by atoms with E-state index in [-0.39, 0.29) is 5.56 Å². The average Bonchev–Trinajstić information content (AvgIpc) is 1.94. The molecule has 0 aliphatic carbocycles. The van der Waals surface area contributed by atoms with Crippen molar-refractivity contribution in [3.05, 3.63) is 29.6 Å². The molecule has 1 aromatic carbocycles. The molecule has 0 fully saturated rings. The Morgan fingerprint density at radius 2 is 2.20 bits per heavy atom. The molecule has 0 spiro atoms. The second-order valence-corrected chi connectivity index (χ2v) is 2.14. The van der Waals surface area contributed by atoms with Crippen molar-refractivity contribution >= 4 is 19.6 Å².